The van der Waals surface area contributed by atoms with Crippen LogP contribution in [0.1, 0.15) is 16.1 Å². The third kappa shape index (κ3) is 4.33. The third-order valence-electron chi connectivity index (χ3n) is 3.67. The molecule has 0 bridgehead atoms. The van der Waals surface area contributed by atoms with E-state index >= 15 is 0 Å². The maximum absolute atomic E-state index is 12.4. The van der Waals surface area contributed by atoms with Gasteiger partial charge in [-0.05, 0) is 23.8 Å². The lowest BCUT2D eigenvalue weighted by atomic mass is 10.2. The summed E-state index contributed by atoms with van der Waals surface area (Å²) >= 11 is 6.20. The Morgan fingerprint density at radius 2 is 1.80 bits per heavy atom. The second-order valence-electron chi connectivity index (χ2n) is 5.53. The van der Waals surface area contributed by atoms with Gasteiger partial charge in [-0.1, -0.05) is 48.0 Å². The van der Waals surface area contributed by atoms with Gasteiger partial charge in [-0.25, -0.2) is 9.97 Å². The summed E-state index contributed by atoms with van der Waals surface area (Å²) in [6.07, 6.45) is 1.39. The molecular formula is C19H17ClN4O. The fourth-order valence-corrected chi connectivity index (χ4v) is 2.56. The van der Waals surface area contributed by atoms with Crippen molar-refractivity contribution >= 4 is 29.0 Å². The van der Waals surface area contributed by atoms with Gasteiger partial charge in [0.25, 0.3) is 5.91 Å². The number of para-hydroxylation sites is 1. The van der Waals surface area contributed by atoms with E-state index in [-0.39, 0.29) is 5.91 Å². The van der Waals surface area contributed by atoms with Gasteiger partial charge in [0.2, 0.25) is 0 Å². The van der Waals surface area contributed by atoms with Crippen molar-refractivity contribution in [1.29, 1.82) is 0 Å². The highest BCUT2D eigenvalue weighted by molar-refractivity contribution is 6.31. The molecule has 3 rings (SSSR count). The number of rotatable bonds is 5. The van der Waals surface area contributed by atoms with Gasteiger partial charge in [0.05, 0.1) is 0 Å². The summed E-state index contributed by atoms with van der Waals surface area (Å²) < 4.78 is 0. The van der Waals surface area contributed by atoms with Gasteiger partial charge < -0.3 is 10.2 Å². The van der Waals surface area contributed by atoms with Crippen LogP contribution in [0.5, 0.6) is 0 Å². The van der Waals surface area contributed by atoms with Crippen LogP contribution in [0.4, 0.5) is 11.5 Å². The highest BCUT2D eigenvalue weighted by Crippen LogP contribution is 2.19. The number of nitrogens with zero attached hydrogens (tertiary/aromatic N) is 3. The molecule has 1 amide bonds. The molecule has 25 heavy (non-hydrogen) atoms. The minimum Gasteiger partial charge on any atom is -0.355 e. The Labute approximate surface area is 151 Å². The van der Waals surface area contributed by atoms with Gasteiger partial charge in [0.1, 0.15) is 17.8 Å². The van der Waals surface area contributed by atoms with Crippen molar-refractivity contribution in [2.24, 2.45) is 0 Å². The zero-order chi connectivity index (χ0) is 17.6. The summed E-state index contributed by atoms with van der Waals surface area (Å²) in [4.78, 5) is 22.6. The molecule has 0 aliphatic rings. The smallest absolute Gasteiger partial charge is 0.274 e. The summed E-state index contributed by atoms with van der Waals surface area (Å²) in [6.45, 7) is 0.580. The Morgan fingerprint density at radius 3 is 2.56 bits per heavy atom. The predicted molar refractivity (Wildman–Crippen MR) is 100.0 cm³/mol. The number of benzene rings is 2. The molecule has 0 atom stereocenters. The lowest BCUT2D eigenvalue weighted by molar-refractivity contribution is 0.102. The highest BCUT2D eigenvalue weighted by atomic mass is 35.5. The first-order valence-corrected chi connectivity index (χ1v) is 8.14. The Morgan fingerprint density at radius 1 is 1.08 bits per heavy atom. The Kier molecular flexibility index (Phi) is 5.26. The highest BCUT2D eigenvalue weighted by Gasteiger charge is 2.12. The molecule has 1 N–H and O–H groups in total. The van der Waals surface area contributed by atoms with Crippen molar-refractivity contribution < 1.29 is 4.79 Å². The monoisotopic (exact) mass is 352 g/mol. The number of carbonyl (C=O) groups is 1. The van der Waals surface area contributed by atoms with Gasteiger partial charge in [-0.2, -0.15) is 0 Å². The van der Waals surface area contributed by atoms with Gasteiger partial charge in [-0.3, -0.25) is 4.79 Å². The SMILES string of the molecule is CN(Cc1ccccc1Cl)c1cc(C(=O)Nc2ccccc2)ncn1. The van der Waals surface area contributed by atoms with Crippen molar-refractivity contribution in [2.45, 2.75) is 6.54 Å². The van der Waals surface area contributed by atoms with Gasteiger partial charge in [0.15, 0.2) is 0 Å². The van der Waals surface area contributed by atoms with Crippen LogP contribution >= 0.6 is 11.6 Å². The van der Waals surface area contributed by atoms with Crippen molar-refractivity contribution in [3.05, 3.63) is 83.3 Å². The minimum atomic E-state index is -0.277. The summed E-state index contributed by atoms with van der Waals surface area (Å²) in [7, 11) is 1.89. The Bertz CT molecular complexity index is 870. The van der Waals surface area contributed by atoms with E-state index in [2.05, 4.69) is 15.3 Å². The molecule has 0 saturated heterocycles. The average Bonchev–Trinajstić information content (AvgIpc) is 2.64. The van der Waals surface area contributed by atoms with Crippen LogP contribution in [0.25, 0.3) is 0 Å². The summed E-state index contributed by atoms with van der Waals surface area (Å²) in [6, 6.07) is 18.6. The van der Waals surface area contributed by atoms with E-state index in [1.165, 1.54) is 6.33 Å². The normalized spacial score (nSPS) is 10.3. The van der Waals surface area contributed by atoms with Crippen molar-refractivity contribution in [3.8, 4) is 0 Å². The molecule has 0 radical (unpaired) electrons. The topological polar surface area (TPSA) is 58.1 Å². The van der Waals surface area contributed by atoms with E-state index in [4.69, 9.17) is 11.6 Å². The van der Waals surface area contributed by atoms with Crippen LogP contribution in [-0.4, -0.2) is 22.9 Å². The number of hydrogen-bond acceptors (Lipinski definition) is 4. The van der Waals surface area contributed by atoms with Gasteiger partial charge in [0, 0.05) is 30.4 Å². The third-order valence-corrected chi connectivity index (χ3v) is 4.04. The van der Waals surface area contributed by atoms with Crippen molar-refractivity contribution in [2.75, 3.05) is 17.3 Å². The molecule has 0 aliphatic heterocycles. The van der Waals surface area contributed by atoms with Crippen molar-refractivity contribution in [3.63, 3.8) is 0 Å². The molecule has 6 heteroatoms. The molecule has 2 aromatic carbocycles. The Hall–Kier alpha value is -2.92. The molecule has 0 saturated carbocycles. The second-order valence-corrected chi connectivity index (χ2v) is 5.94. The number of amides is 1. The van der Waals surface area contributed by atoms with Crippen molar-refractivity contribution in [1.82, 2.24) is 9.97 Å². The fourth-order valence-electron chi connectivity index (χ4n) is 2.36. The maximum atomic E-state index is 12.4. The molecule has 0 spiro atoms. The fraction of sp³-hybridized carbons (Fsp3) is 0.105. The molecule has 0 fully saturated rings. The predicted octanol–water partition coefficient (Wildman–Crippen LogP) is 4.02. The summed E-state index contributed by atoms with van der Waals surface area (Å²) in [5.41, 5.74) is 2.01. The number of anilines is 2. The number of carbonyl (C=O) groups excluding carboxylic acids is 1. The largest absolute Gasteiger partial charge is 0.355 e. The molecule has 3 aromatic rings. The molecule has 126 valence electrons. The number of hydrogen-bond donors (Lipinski definition) is 1. The summed E-state index contributed by atoms with van der Waals surface area (Å²) in [5.74, 6) is 0.370. The molecular weight excluding hydrogens is 336 g/mol. The quantitative estimate of drug-likeness (QED) is 0.753. The second kappa shape index (κ2) is 7.77. The first kappa shape index (κ1) is 16.9. The molecule has 0 aliphatic carbocycles. The van der Waals surface area contributed by atoms with E-state index in [0.717, 1.165) is 11.3 Å². The van der Waals surface area contributed by atoms with E-state index in [1.807, 2.05) is 66.5 Å². The number of aromatic nitrogens is 2. The first-order valence-electron chi connectivity index (χ1n) is 7.76. The van der Waals surface area contributed by atoms with Crippen LogP contribution in [-0.2, 0) is 6.54 Å². The number of nitrogens with one attached hydrogen (secondary N) is 1. The summed E-state index contributed by atoms with van der Waals surface area (Å²) in [5, 5.41) is 3.51. The zero-order valence-corrected chi connectivity index (χ0v) is 14.4. The first-order chi connectivity index (χ1) is 12.1. The standard InChI is InChI=1S/C19H17ClN4O/c1-24(12-14-7-5-6-10-16(14)20)18-11-17(21-13-22-18)19(25)23-15-8-3-2-4-9-15/h2-11,13H,12H2,1H3,(H,23,25). The molecule has 1 heterocycles. The number of halogens is 1. The molecule has 0 unspecified atom stereocenters. The lowest BCUT2D eigenvalue weighted by Gasteiger charge is -2.19. The minimum absolute atomic E-state index is 0.277. The van der Waals surface area contributed by atoms with E-state index in [9.17, 15) is 4.79 Å². The lowest BCUT2D eigenvalue weighted by Crippen LogP contribution is -2.20. The van der Waals surface area contributed by atoms with Crippen LogP contribution < -0.4 is 10.2 Å². The van der Waals surface area contributed by atoms with Crippen LogP contribution in [0.3, 0.4) is 0 Å². The van der Waals surface area contributed by atoms with E-state index in [1.54, 1.807) is 6.07 Å². The van der Waals surface area contributed by atoms with E-state index in [0.29, 0.717) is 23.1 Å². The van der Waals surface area contributed by atoms with E-state index < -0.39 is 0 Å². The van der Waals surface area contributed by atoms with Crippen LogP contribution in [0.15, 0.2) is 67.0 Å². The Balaban J connectivity index is 1.74. The van der Waals surface area contributed by atoms with Crippen LogP contribution in [0, 0.1) is 0 Å². The van der Waals surface area contributed by atoms with Gasteiger partial charge >= 0.3 is 0 Å². The zero-order valence-electron chi connectivity index (χ0n) is 13.7. The maximum Gasteiger partial charge on any atom is 0.274 e. The average molecular weight is 353 g/mol. The van der Waals surface area contributed by atoms with Gasteiger partial charge in [-0.15, -0.1) is 0 Å². The molecule has 5 nitrogen and oxygen atoms in total. The van der Waals surface area contributed by atoms with Crippen LogP contribution in [0.2, 0.25) is 5.02 Å². The molecule has 1 aromatic heterocycles.